The monoisotopic (exact) mass is 421 g/mol. The smallest absolute Gasteiger partial charge is 0.288 e. The number of carbonyl (C=O) groups excluding carboxylic acids is 1. The van der Waals surface area contributed by atoms with Crippen LogP contribution >= 0.6 is 11.8 Å². The van der Waals surface area contributed by atoms with Gasteiger partial charge in [0, 0.05) is 42.4 Å². The van der Waals surface area contributed by atoms with Gasteiger partial charge in [-0.3, -0.25) is 9.69 Å². The quantitative estimate of drug-likeness (QED) is 0.681. The molecular weight excluding hydrogens is 396 g/mol. The van der Waals surface area contributed by atoms with Gasteiger partial charge >= 0.3 is 0 Å². The van der Waals surface area contributed by atoms with Crippen molar-refractivity contribution in [3.05, 3.63) is 48.5 Å². The van der Waals surface area contributed by atoms with E-state index < -0.39 is 5.76 Å². The van der Waals surface area contributed by atoms with Crippen LogP contribution in [-0.2, 0) is 4.79 Å². The molecule has 1 fully saturated rings. The van der Waals surface area contributed by atoms with E-state index in [-0.39, 0.29) is 11.9 Å². The van der Waals surface area contributed by atoms with Crippen LogP contribution in [0.3, 0.4) is 0 Å². The summed E-state index contributed by atoms with van der Waals surface area (Å²) in [5, 5.41) is 2.87. The van der Waals surface area contributed by atoms with Crippen LogP contribution in [0, 0.1) is 0 Å². The minimum atomic E-state index is -2.45. The Hall–Kier alpha value is -2.32. The summed E-state index contributed by atoms with van der Waals surface area (Å²) in [5.74, 6) is -1.72. The summed E-state index contributed by atoms with van der Waals surface area (Å²) in [6.45, 7) is 5.13. The number of hydrogen-bond donors (Lipinski definition) is 1. The van der Waals surface area contributed by atoms with E-state index in [0.717, 1.165) is 37.6 Å². The van der Waals surface area contributed by atoms with Gasteiger partial charge in [0.15, 0.2) is 0 Å². The van der Waals surface area contributed by atoms with E-state index in [1.807, 2.05) is 31.2 Å². The molecule has 0 radical (unpaired) electrons. The highest BCUT2D eigenvalue weighted by Crippen LogP contribution is 2.26. The summed E-state index contributed by atoms with van der Waals surface area (Å²) in [7, 11) is 1.65. The van der Waals surface area contributed by atoms with Crippen molar-refractivity contribution < 1.29 is 18.3 Å². The van der Waals surface area contributed by atoms with Crippen molar-refractivity contribution in [1.29, 1.82) is 0 Å². The molecule has 5 nitrogen and oxygen atoms in total. The van der Waals surface area contributed by atoms with Crippen molar-refractivity contribution in [2.24, 2.45) is 0 Å². The molecule has 0 bridgehead atoms. The molecular formula is C21H25F2N3O2S. The first kappa shape index (κ1) is 21.4. The molecule has 0 aliphatic carbocycles. The molecule has 0 saturated carbocycles. The molecule has 2 aromatic rings. The maximum absolute atomic E-state index is 12.6. The van der Waals surface area contributed by atoms with Crippen LogP contribution in [0.5, 0.6) is 5.75 Å². The molecule has 1 saturated heterocycles. The summed E-state index contributed by atoms with van der Waals surface area (Å²) in [4.78, 5) is 17.5. The third kappa shape index (κ3) is 5.83. The lowest BCUT2D eigenvalue weighted by Gasteiger charge is -2.38. The highest BCUT2D eigenvalue weighted by Gasteiger charge is 2.25. The van der Waals surface area contributed by atoms with E-state index in [2.05, 4.69) is 15.1 Å². The van der Waals surface area contributed by atoms with Gasteiger partial charge in [-0.05, 0) is 55.5 Å². The first-order chi connectivity index (χ1) is 14.0. The fourth-order valence-corrected chi connectivity index (χ4v) is 3.79. The zero-order chi connectivity index (χ0) is 20.8. The largest absolute Gasteiger partial charge is 0.497 e. The average molecular weight is 422 g/mol. The lowest BCUT2D eigenvalue weighted by Crippen LogP contribution is -2.52. The molecule has 3 rings (SSSR count). The Kier molecular flexibility index (Phi) is 7.33. The van der Waals surface area contributed by atoms with E-state index in [1.165, 1.54) is 0 Å². The number of nitrogens with one attached hydrogen (secondary N) is 1. The first-order valence-corrected chi connectivity index (χ1v) is 10.3. The van der Waals surface area contributed by atoms with Crippen molar-refractivity contribution in [3.63, 3.8) is 0 Å². The Bertz CT molecular complexity index is 795. The predicted octanol–water partition coefficient (Wildman–Crippen LogP) is 4.16. The molecule has 1 aliphatic rings. The number of thioether (sulfide) groups is 1. The average Bonchev–Trinajstić information content (AvgIpc) is 2.74. The lowest BCUT2D eigenvalue weighted by molar-refractivity contribution is -0.120. The third-order valence-electron chi connectivity index (χ3n) is 5.03. The highest BCUT2D eigenvalue weighted by molar-refractivity contribution is 7.99. The minimum absolute atomic E-state index is 0.0999. The Morgan fingerprint density at radius 2 is 1.66 bits per heavy atom. The predicted molar refractivity (Wildman–Crippen MR) is 113 cm³/mol. The zero-order valence-corrected chi connectivity index (χ0v) is 17.3. The molecule has 156 valence electrons. The fraction of sp³-hybridized carbons (Fsp3) is 0.381. The maximum atomic E-state index is 12.6. The van der Waals surface area contributed by atoms with E-state index >= 15 is 0 Å². The number of benzene rings is 2. The summed E-state index contributed by atoms with van der Waals surface area (Å²) < 4.78 is 30.0. The molecule has 1 heterocycles. The molecule has 1 atom stereocenters. The maximum Gasteiger partial charge on any atom is 0.288 e. The van der Waals surface area contributed by atoms with Crippen LogP contribution in [0.4, 0.5) is 20.2 Å². The first-order valence-electron chi connectivity index (χ1n) is 9.45. The van der Waals surface area contributed by atoms with Gasteiger partial charge in [-0.1, -0.05) is 11.8 Å². The van der Waals surface area contributed by atoms with Gasteiger partial charge in [0.1, 0.15) is 5.75 Å². The Morgan fingerprint density at radius 1 is 1.03 bits per heavy atom. The Labute approximate surface area is 174 Å². The normalized spacial score (nSPS) is 16.0. The lowest BCUT2D eigenvalue weighted by atomic mass is 10.2. The fourth-order valence-electron chi connectivity index (χ4n) is 3.29. The second-order valence-corrected chi connectivity index (χ2v) is 7.85. The zero-order valence-electron chi connectivity index (χ0n) is 16.5. The van der Waals surface area contributed by atoms with Crippen LogP contribution in [0.25, 0.3) is 0 Å². The number of amides is 1. The molecule has 0 aromatic heterocycles. The van der Waals surface area contributed by atoms with E-state index in [0.29, 0.717) is 22.3 Å². The van der Waals surface area contributed by atoms with Gasteiger partial charge in [0.05, 0.1) is 13.2 Å². The van der Waals surface area contributed by atoms with Crippen molar-refractivity contribution >= 4 is 29.0 Å². The van der Waals surface area contributed by atoms with Gasteiger partial charge in [0.2, 0.25) is 5.91 Å². The second-order valence-electron chi connectivity index (χ2n) is 6.79. The van der Waals surface area contributed by atoms with E-state index in [4.69, 9.17) is 4.74 Å². The van der Waals surface area contributed by atoms with Crippen molar-refractivity contribution in [2.75, 3.05) is 43.5 Å². The second kappa shape index (κ2) is 9.93. The summed E-state index contributed by atoms with van der Waals surface area (Å²) in [6, 6.07) is 14.2. The Balaban J connectivity index is 1.50. The Morgan fingerprint density at radius 3 is 2.21 bits per heavy atom. The molecule has 29 heavy (non-hydrogen) atoms. The molecule has 1 N–H and O–H groups in total. The number of carbonyl (C=O) groups is 1. The molecule has 2 aromatic carbocycles. The van der Waals surface area contributed by atoms with Crippen molar-refractivity contribution in [2.45, 2.75) is 23.6 Å². The van der Waals surface area contributed by atoms with Crippen LogP contribution in [0.2, 0.25) is 0 Å². The summed E-state index contributed by atoms with van der Waals surface area (Å²) >= 11 is 0.489. The number of ether oxygens (including phenoxy) is 1. The third-order valence-corrected chi connectivity index (χ3v) is 5.75. The number of rotatable bonds is 7. The van der Waals surface area contributed by atoms with Gasteiger partial charge in [-0.2, -0.15) is 8.78 Å². The number of hydrogen-bond acceptors (Lipinski definition) is 5. The molecule has 8 heteroatoms. The summed E-state index contributed by atoms with van der Waals surface area (Å²) in [6.07, 6.45) is 0. The number of alkyl halides is 2. The van der Waals surface area contributed by atoms with Crippen LogP contribution < -0.4 is 15.0 Å². The van der Waals surface area contributed by atoms with E-state index in [9.17, 15) is 13.6 Å². The molecule has 0 unspecified atom stereocenters. The molecule has 1 amide bonds. The van der Waals surface area contributed by atoms with Gasteiger partial charge in [-0.25, -0.2) is 0 Å². The van der Waals surface area contributed by atoms with Crippen molar-refractivity contribution in [3.8, 4) is 5.75 Å². The van der Waals surface area contributed by atoms with Gasteiger partial charge < -0.3 is 15.0 Å². The number of halogens is 2. The number of anilines is 2. The van der Waals surface area contributed by atoms with E-state index in [1.54, 1.807) is 31.4 Å². The highest BCUT2D eigenvalue weighted by atomic mass is 32.2. The number of methoxy groups -OCH3 is 1. The standard InChI is InChI=1S/C21H25F2N3O2S/c1-15(20(27)24-16-3-9-19(10-4-16)29-21(22)23)25-11-13-26(14-12-25)17-5-7-18(28-2)8-6-17/h3-10,15,21H,11-14H2,1-2H3,(H,24,27)/t15-/m0/s1. The van der Waals surface area contributed by atoms with Crippen LogP contribution in [0.1, 0.15) is 6.92 Å². The van der Waals surface area contributed by atoms with Crippen LogP contribution in [0.15, 0.2) is 53.4 Å². The molecule has 0 spiro atoms. The minimum Gasteiger partial charge on any atom is -0.497 e. The van der Waals surface area contributed by atoms with Crippen LogP contribution in [-0.4, -0.2) is 55.9 Å². The van der Waals surface area contributed by atoms with Crippen molar-refractivity contribution in [1.82, 2.24) is 4.90 Å². The van der Waals surface area contributed by atoms with Gasteiger partial charge in [-0.15, -0.1) is 0 Å². The summed E-state index contributed by atoms with van der Waals surface area (Å²) in [5.41, 5.74) is 1.75. The topological polar surface area (TPSA) is 44.8 Å². The SMILES string of the molecule is COc1ccc(N2CCN([C@@H](C)C(=O)Nc3ccc(SC(F)F)cc3)CC2)cc1. The molecule has 1 aliphatic heterocycles. The number of nitrogens with zero attached hydrogens (tertiary/aromatic N) is 2. The van der Waals surface area contributed by atoms with Gasteiger partial charge in [0.25, 0.3) is 5.76 Å². The number of piperazine rings is 1.